The number of likely N-dealkylation sites (tertiary alicyclic amines) is 1. The van der Waals surface area contributed by atoms with E-state index >= 15 is 0 Å². The second-order valence-electron chi connectivity index (χ2n) is 7.41. The summed E-state index contributed by atoms with van der Waals surface area (Å²) in [5.41, 5.74) is 2.04. The van der Waals surface area contributed by atoms with Gasteiger partial charge in [0.1, 0.15) is 0 Å². The minimum absolute atomic E-state index is 0.0650. The average Bonchev–Trinajstić information content (AvgIpc) is 3.32. The Morgan fingerprint density at radius 3 is 2.58 bits per heavy atom. The minimum Gasteiger partial charge on any atom is -0.353 e. The second-order valence-corrected chi connectivity index (χ2v) is 9.28. The van der Waals surface area contributed by atoms with Gasteiger partial charge in [0.05, 0.1) is 15.8 Å². The minimum atomic E-state index is 0.0650. The Balaban J connectivity index is 1.18. The van der Waals surface area contributed by atoms with Crippen LogP contribution in [0, 0.1) is 0 Å². The monoisotopic (exact) mass is 476 g/mol. The van der Waals surface area contributed by atoms with Crippen molar-refractivity contribution in [3.63, 3.8) is 0 Å². The summed E-state index contributed by atoms with van der Waals surface area (Å²) in [6.07, 6.45) is 1.88. The van der Waals surface area contributed by atoms with E-state index in [-0.39, 0.29) is 11.9 Å². The SMILES string of the molecule is O=C(CSc1ccc(-c2nn[nH]n2)cc1)NC1CCN(Cc2ccc(Cl)c(Cl)c2)CC1. The Kier molecular flexibility index (Phi) is 7.45. The lowest BCUT2D eigenvalue weighted by Crippen LogP contribution is -2.44. The Bertz CT molecular complexity index is 1010. The number of aromatic amines is 1. The third-order valence-corrected chi connectivity index (χ3v) is 6.92. The van der Waals surface area contributed by atoms with Crippen molar-refractivity contribution in [2.75, 3.05) is 18.8 Å². The number of hydrogen-bond acceptors (Lipinski definition) is 6. The lowest BCUT2D eigenvalue weighted by molar-refractivity contribution is -0.119. The van der Waals surface area contributed by atoms with E-state index in [2.05, 4.69) is 30.8 Å². The molecule has 162 valence electrons. The van der Waals surface area contributed by atoms with Crippen LogP contribution >= 0.6 is 35.0 Å². The fourth-order valence-electron chi connectivity index (χ4n) is 3.53. The lowest BCUT2D eigenvalue weighted by Gasteiger charge is -2.32. The van der Waals surface area contributed by atoms with Crippen molar-refractivity contribution >= 4 is 40.9 Å². The van der Waals surface area contributed by atoms with Crippen LogP contribution in [-0.2, 0) is 11.3 Å². The highest BCUT2D eigenvalue weighted by molar-refractivity contribution is 8.00. The first-order valence-electron chi connectivity index (χ1n) is 9.99. The van der Waals surface area contributed by atoms with Crippen LogP contribution in [0.5, 0.6) is 0 Å². The molecule has 0 spiro atoms. The van der Waals surface area contributed by atoms with E-state index in [1.54, 1.807) is 0 Å². The summed E-state index contributed by atoms with van der Waals surface area (Å²) in [4.78, 5) is 15.8. The molecule has 1 amide bonds. The average molecular weight is 477 g/mol. The van der Waals surface area contributed by atoms with Crippen LogP contribution < -0.4 is 5.32 Å². The predicted octanol–water partition coefficient (Wildman–Crippen LogP) is 4.05. The van der Waals surface area contributed by atoms with Gasteiger partial charge < -0.3 is 5.32 Å². The van der Waals surface area contributed by atoms with Crippen molar-refractivity contribution in [2.45, 2.75) is 30.3 Å². The highest BCUT2D eigenvalue weighted by atomic mass is 35.5. The molecular weight excluding hydrogens is 455 g/mol. The molecule has 10 heteroatoms. The number of carbonyl (C=O) groups excluding carboxylic acids is 1. The summed E-state index contributed by atoms with van der Waals surface area (Å²) in [7, 11) is 0. The summed E-state index contributed by atoms with van der Waals surface area (Å²) in [6.45, 7) is 2.72. The Labute approximate surface area is 194 Å². The number of thioether (sulfide) groups is 1. The van der Waals surface area contributed by atoms with E-state index < -0.39 is 0 Å². The molecule has 2 aromatic carbocycles. The first-order valence-corrected chi connectivity index (χ1v) is 11.7. The van der Waals surface area contributed by atoms with Gasteiger partial charge in [-0.05, 0) is 60.0 Å². The van der Waals surface area contributed by atoms with Crippen molar-refractivity contribution in [3.8, 4) is 11.4 Å². The Morgan fingerprint density at radius 2 is 1.90 bits per heavy atom. The Morgan fingerprint density at radius 1 is 1.13 bits per heavy atom. The third-order valence-electron chi connectivity index (χ3n) is 5.17. The quantitative estimate of drug-likeness (QED) is 0.500. The molecule has 0 saturated carbocycles. The van der Waals surface area contributed by atoms with E-state index in [0.717, 1.165) is 48.5 Å². The summed E-state index contributed by atoms with van der Waals surface area (Å²) in [5.74, 6) is 1.01. The van der Waals surface area contributed by atoms with E-state index in [1.165, 1.54) is 11.8 Å². The van der Waals surface area contributed by atoms with E-state index in [9.17, 15) is 4.79 Å². The fourth-order valence-corrected chi connectivity index (χ4v) is 4.56. The molecule has 7 nitrogen and oxygen atoms in total. The van der Waals surface area contributed by atoms with Gasteiger partial charge in [-0.3, -0.25) is 9.69 Å². The highest BCUT2D eigenvalue weighted by Crippen LogP contribution is 2.24. The van der Waals surface area contributed by atoms with Crippen molar-refractivity contribution in [2.24, 2.45) is 0 Å². The molecule has 0 unspecified atom stereocenters. The van der Waals surface area contributed by atoms with Crippen LogP contribution in [0.1, 0.15) is 18.4 Å². The van der Waals surface area contributed by atoms with Crippen LogP contribution in [0.4, 0.5) is 0 Å². The maximum Gasteiger partial charge on any atom is 0.230 e. The molecule has 3 aromatic rings. The summed E-state index contributed by atoms with van der Waals surface area (Å²) < 4.78 is 0. The smallest absolute Gasteiger partial charge is 0.230 e. The molecular formula is C21H22Cl2N6OS. The van der Waals surface area contributed by atoms with Crippen LogP contribution in [0.3, 0.4) is 0 Å². The molecule has 31 heavy (non-hydrogen) atoms. The predicted molar refractivity (Wildman–Crippen MR) is 123 cm³/mol. The number of carbonyl (C=O) groups is 1. The first kappa shape index (κ1) is 22.1. The van der Waals surface area contributed by atoms with E-state index in [0.29, 0.717) is 21.6 Å². The van der Waals surface area contributed by atoms with Crippen LogP contribution in [0.2, 0.25) is 10.0 Å². The van der Waals surface area contributed by atoms with Crippen molar-refractivity contribution < 1.29 is 4.79 Å². The molecule has 1 aliphatic heterocycles. The number of H-pyrrole nitrogens is 1. The zero-order valence-corrected chi connectivity index (χ0v) is 19.1. The molecule has 4 rings (SSSR count). The second kappa shape index (κ2) is 10.5. The van der Waals surface area contributed by atoms with Gasteiger partial charge in [0.2, 0.25) is 11.7 Å². The number of benzene rings is 2. The molecule has 0 radical (unpaired) electrons. The van der Waals surface area contributed by atoms with Crippen molar-refractivity contribution in [1.82, 2.24) is 30.8 Å². The highest BCUT2D eigenvalue weighted by Gasteiger charge is 2.21. The van der Waals surface area contributed by atoms with Gasteiger partial charge in [-0.1, -0.05) is 29.3 Å². The van der Waals surface area contributed by atoms with Gasteiger partial charge in [-0.15, -0.1) is 22.0 Å². The zero-order chi connectivity index (χ0) is 21.6. The number of halogens is 2. The number of hydrogen-bond donors (Lipinski definition) is 2. The molecule has 1 fully saturated rings. The standard InChI is InChI=1S/C21H22Cl2N6OS/c22-18-6-1-14(11-19(18)23)12-29-9-7-16(8-10-29)24-20(30)13-31-17-4-2-15(3-5-17)21-25-27-28-26-21/h1-6,11,16H,7-10,12-13H2,(H,24,30)(H,25,26,27,28). The van der Waals surface area contributed by atoms with Gasteiger partial charge in [0, 0.05) is 36.1 Å². The number of amides is 1. The van der Waals surface area contributed by atoms with Gasteiger partial charge in [-0.2, -0.15) is 5.21 Å². The molecule has 2 N–H and O–H groups in total. The van der Waals surface area contributed by atoms with Gasteiger partial charge in [-0.25, -0.2) is 0 Å². The number of nitrogens with one attached hydrogen (secondary N) is 2. The number of rotatable bonds is 7. The van der Waals surface area contributed by atoms with Crippen LogP contribution in [0.25, 0.3) is 11.4 Å². The van der Waals surface area contributed by atoms with Crippen molar-refractivity contribution in [1.29, 1.82) is 0 Å². The fraction of sp³-hybridized carbons (Fsp3) is 0.333. The maximum absolute atomic E-state index is 12.4. The molecule has 0 atom stereocenters. The summed E-state index contributed by atoms with van der Waals surface area (Å²) in [6, 6.07) is 13.8. The van der Waals surface area contributed by atoms with Gasteiger partial charge >= 0.3 is 0 Å². The van der Waals surface area contributed by atoms with E-state index in [4.69, 9.17) is 23.2 Å². The normalized spacial score (nSPS) is 15.2. The number of aromatic nitrogens is 4. The third kappa shape index (κ3) is 6.20. The molecule has 1 saturated heterocycles. The number of tetrazole rings is 1. The number of piperidine rings is 1. The molecule has 2 heterocycles. The van der Waals surface area contributed by atoms with Crippen LogP contribution in [0.15, 0.2) is 47.4 Å². The topological polar surface area (TPSA) is 86.8 Å². The van der Waals surface area contributed by atoms with Crippen LogP contribution in [-0.4, -0.2) is 56.3 Å². The summed E-state index contributed by atoms with van der Waals surface area (Å²) >= 11 is 13.6. The van der Waals surface area contributed by atoms with Crippen molar-refractivity contribution in [3.05, 3.63) is 58.1 Å². The van der Waals surface area contributed by atoms with E-state index in [1.807, 2.05) is 42.5 Å². The number of nitrogens with zero attached hydrogens (tertiary/aromatic N) is 4. The van der Waals surface area contributed by atoms with Gasteiger partial charge in [0.15, 0.2) is 0 Å². The molecule has 0 bridgehead atoms. The largest absolute Gasteiger partial charge is 0.353 e. The summed E-state index contributed by atoms with van der Waals surface area (Å²) in [5, 5.41) is 18.2. The zero-order valence-electron chi connectivity index (χ0n) is 16.7. The molecule has 1 aromatic heterocycles. The maximum atomic E-state index is 12.4. The Hall–Kier alpha value is -2.13. The first-order chi connectivity index (χ1) is 15.1. The molecule has 0 aliphatic carbocycles. The van der Waals surface area contributed by atoms with Gasteiger partial charge in [0.25, 0.3) is 0 Å². The lowest BCUT2D eigenvalue weighted by atomic mass is 10.0. The molecule has 1 aliphatic rings.